The summed E-state index contributed by atoms with van der Waals surface area (Å²) in [6.07, 6.45) is 0.862. The minimum absolute atomic E-state index is 0.103. The Morgan fingerprint density at radius 3 is 2.52 bits per heavy atom. The van der Waals surface area contributed by atoms with E-state index in [-0.39, 0.29) is 18.4 Å². The van der Waals surface area contributed by atoms with Crippen molar-refractivity contribution < 1.29 is 14.3 Å². The molecule has 0 fully saturated rings. The molecule has 0 aliphatic rings. The number of nitrogens with one attached hydrogen (secondary N) is 2. The molecule has 0 saturated carbocycles. The summed E-state index contributed by atoms with van der Waals surface area (Å²) < 4.78 is 5.66. The molecular weight excluding hydrogens is 292 g/mol. The maximum Gasteiger partial charge on any atom is 0.258 e. The van der Waals surface area contributed by atoms with Gasteiger partial charge >= 0.3 is 0 Å². The highest BCUT2D eigenvalue weighted by atomic mass is 16.5. The molecule has 1 aromatic carbocycles. The Balaban J connectivity index is 2.56. The Bertz CT molecular complexity index is 541. The van der Waals surface area contributed by atoms with E-state index >= 15 is 0 Å². The number of rotatable bonds is 8. The topological polar surface area (TPSA) is 67.4 Å². The SMILES string of the molecule is CCCNC(=O)[C@H](C)NC(=O)COc1cc(C)ccc1C(C)C. The summed E-state index contributed by atoms with van der Waals surface area (Å²) in [5.74, 6) is 0.546. The second-order valence-corrected chi connectivity index (χ2v) is 6.06. The van der Waals surface area contributed by atoms with Gasteiger partial charge in [-0.05, 0) is 43.4 Å². The van der Waals surface area contributed by atoms with E-state index in [4.69, 9.17) is 4.74 Å². The van der Waals surface area contributed by atoms with E-state index in [1.54, 1.807) is 6.92 Å². The molecule has 0 heterocycles. The Morgan fingerprint density at radius 2 is 1.91 bits per heavy atom. The lowest BCUT2D eigenvalue weighted by Gasteiger charge is -2.16. The Morgan fingerprint density at radius 1 is 1.22 bits per heavy atom. The summed E-state index contributed by atoms with van der Waals surface area (Å²) in [6, 6.07) is 5.41. The lowest BCUT2D eigenvalue weighted by molar-refractivity contribution is -0.129. The van der Waals surface area contributed by atoms with Crippen molar-refractivity contribution in [3.8, 4) is 5.75 Å². The van der Waals surface area contributed by atoms with Gasteiger partial charge in [0, 0.05) is 6.54 Å². The summed E-state index contributed by atoms with van der Waals surface area (Å²) in [7, 11) is 0. The molecule has 2 N–H and O–H groups in total. The summed E-state index contributed by atoms with van der Waals surface area (Å²) in [5.41, 5.74) is 2.15. The fourth-order valence-electron chi connectivity index (χ4n) is 2.14. The molecule has 1 rings (SSSR count). The highest BCUT2D eigenvalue weighted by Crippen LogP contribution is 2.27. The van der Waals surface area contributed by atoms with Gasteiger partial charge < -0.3 is 15.4 Å². The standard InChI is InChI=1S/C18H28N2O3/c1-6-9-19-18(22)14(5)20-17(21)11-23-16-10-13(4)7-8-15(16)12(2)3/h7-8,10,12,14H,6,9,11H2,1-5H3,(H,19,22)(H,20,21)/t14-/m0/s1. The zero-order valence-electron chi connectivity index (χ0n) is 14.7. The van der Waals surface area contributed by atoms with Gasteiger partial charge in [-0.1, -0.05) is 32.9 Å². The van der Waals surface area contributed by atoms with Crippen molar-refractivity contribution in [1.82, 2.24) is 10.6 Å². The Hall–Kier alpha value is -2.04. The first-order valence-corrected chi connectivity index (χ1v) is 8.15. The number of hydrogen-bond acceptors (Lipinski definition) is 3. The van der Waals surface area contributed by atoms with Crippen molar-refractivity contribution in [2.75, 3.05) is 13.2 Å². The minimum Gasteiger partial charge on any atom is -0.483 e. The zero-order valence-corrected chi connectivity index (χ0v) is 14.7. The van der Waals surface area contributed by atoms with Crippen LogP contribution >= 0.6 is 0 Å². The second kappa shape index (κ2) is 9.18. The molecule has 128 valence electrons. The van der Waals surface area contributed by atoms with Crippen LogP contribution in [0.25, 0.3) is 0 Å². The minimum atomic E-state index is -0.570. The van der Waals surface area contributed by atoms with Crippen LogP contribution in [0.2, 0.25) is 0 Å². The molecule has 2 amide bonds. The van der Waals surface area contributed by atoms with Gasteiger partial charge in [-0.15, -0.1) is 0 Å². The second-order valence-electron chi connectivity index (χ2n) is 6.06. The fraction of sp³-hybridized carbons (Fsp3) is 0.556. The summed E-state index contributed by atoms with van der Waals surface area (Å²) in [5, 5.41) is 5.39. The van der Waals surface area contributed by atoms with Gasteiger partial charge in [0.1, 0.15) is 11.8 Å². The smallest absolute Gasteiger partial charge is 0.258 e. The molecule has 0 aliphatic carbocycles. The van der Waals surface area contributed by atoms with Crippen molar-refractivity contribution in [3.05, 3.63) is 29.3 Å². The third kappa shape index (κ3) is 6.30. The van der Waals surface area contributed by atoms with Crippen molar-refractivity contribution in [3.63, 3.8) is 0 Å². The predicted octanol–water partition coefficient (Wildman–Crippen LogP) is 2.53. The molecule has 5 heteroatoms. The molecule has 1 aromatic rings. The molecule has 1 atom stereocenters. The number of aryl methyl sites for hydroxylation is 1. The van der Waals surface area contributed by atoms with Gasteiger partial charge in [0.25, 0.3) is 5.91 Å². The van der Waals surface area contributed by atoms with Gasteiger partial charge in [0.15, 0.2) is 6.61 Å². The third-order valence-electron chi connectivity index (χ3n) is 3.47. The van der Waals surface area contributed by atoms with E-state index in [1.807, 2.05) is 32.0 Å². The van der Waals surface area contributed by atoms with E-state index in [1.165, 1.54) is 0 Å². The summed E-state index contributed by atoms with van der Waals surface area (Å²) >= 11 is 0. The molecule has 0 spiro atoms. The zero-order chi connectivity index (χ0) is 17.4. The van der Waals surface area contributed by atoms with Crippen molar-refractivity contribution in [1.29, 1.82) is 0 Å². The van der Waals surface area contributed by atoms with Crippen LogP contribution in [0.5, 0.6) is 5.75 Å². The van der Waals surface area contributed by atoms with Crippen molar-refractivity contribution >= 4 is 11.8 Å². The molecule has 0 unspecified atom stereocenters. The molecule has 0 aromatic heterocycles. The number of carbonyl (C=O) groups is 2. The molecule has 0 bridgehead atoms. The van der Waals surface area contributed by atoms with Gasteiger partial charge in [0.05, 0.1) is 0 Å². The van der Waals surface area contributed by atoms with E-state index in [0.29, 0.717) is 12.5 Å². The van der Waals surface area contributed by atoms with Crippen molar-refractivity contribution in [2.45, 2.75) is 53.0 Å². The van der Waals surface area contributed by atoms with Crippen LogP contribution in [-0.4, -0.2) is 31.0 Å². The highest BCUT2D eigenvalue weighted by Gasteiger charge is 2.16. The van der Waals surface area contributed by atoms with Gasteiger partial charge in [-0.2, -0.15) is 0 Å². The van der Waals surface area contributed by atoms with Crippen molar-refractivity contribution in [2.24, 2.45) is 0 Å². The van der Waals surface area contributed by atoms with E-state index in [2.05, 4.69) is 24.5 Å². The molecule has 0 aliphatic heterocycles. The van der Waals surface area contributed by atoms with Crippen LogP contribution in [0.1, 0.15) is 51.2 Å². The third-order valence-corrected chi connectivity index (χ3v) is 3.47. The van der Waals surface area contributed by atoms with Crippen LogP contribution in [0.4, 0.5) is 0 Å². The summed E-state index contributed by atoms with van der Waals surface area (Å²) in [6.45, 7) is 10.3. The van der Waals surface area contributed by atoms with E-state index in [9.17, 15) is 9.59 Å². The van der Waals surface area contributed by atoms with Gasteiger partial charge in [-0.3, -0.25) is 9.59 Å². The molecule has 23 heavy (non-hydrogen) atoms. The molecular formula is C18H28N2O3. The predicted molar refractivity (Wildman–Crippen MR) is 91.7 cm³/mol. The van der Waals surface area contributed by atoms with E-state index in [0.717, 1.165) is 23.3 Å². The monoisotopic (exact) mass is 320 g/mol. The highest BCUT2D eigenvalue weighted by molar-refractivity contribution is 5.87. The summed E-state index contributed by atoms with van der Waals surface area (Å²) in [4.78, 5) is 23.7. The first kappa shape index (κ1) is 19.0. The lowest BCUT2D eigenvalue weighted by Crippen LogP contribution is -2.46. The van der Waals surface area contributed by atoms with Crippen LogP contribution in [0, 0.1) is 6.92 Å². The molecule has 0 radical (unpaired) electrons. The average Bonchev–Trinajstić information content (AvgIpc) is 2.50. The van der Waals surface area contributed by atoms with Crippen LogP contribution < -0.4 is 15.4 Å². The maximum atomic E-state index is 12.0. The number of carbonyl (C=O) groups excluding carboxylic acids is 2. The lowest BCUT2D eigenvalue weighted by atomic mass is 10.0. The molecule has 0 saturated heterocycles. The average molecular weight is 320 g/mol. The van der Waals surface area contributed by atoms with Crippen LogP contribution in [0.15, 0.2) is 18.2 Å². The van der Waals surface area contributed by atoms with E-state index < -0.39 is 6.04 Å². The maximum absolute atomic E-state index is 12.0. The number of hydrogen-bond donors (Lipinski definition) is 2. The number of ether oxygens (including phenoxy) is 1. The Labute approximate surface area is 138 Å². The van der Waals surface area contributed by atoms with Gasteiger partial charge in [-0.25, -0.2) is 0 Å². The Kier molecular flexibility index (Phi) is 7.59. The number of benzene rings is 1. The van der Waals surface area contributed by atoms with Crippen LogP contribution in [-0.2, 0) is 9.59 Å². The normalized spacial score (nSPS) is 11.9. The first-order chi connectivity index (χ1) is 10.8. The fourth-order valence-corrected chi connectivity index (χ4v) is 2.14. The molecule has 5 nitrogen and oxygen atoms in total. The largest absolute Gasteiger partial charge is 0.483 e. The van der Waals surface area contributed by atoms with Crippen LogP contribution in [0.3, 0.4) is 0 Å². The first-order valence-electron chi connectivity index (χ1n) is 8.15. The quantitative estimate of drug-likeness (QED) is 0.773. The van der Waals surface area contributed by atoms with Gasteiger partial charge in [0.2, 0.25) is 5.91 Å². The number of amides is 2.